The Morgan fingerprint density at radius 2 is 2.15 bits per heavy atom. The fourth-order valence-corrected chi connectivity index (χ4v) is 1.73. The molecule has 13 heavy (non-hydrogen) atoms. The lowest BCUT2D eigenvalue weighted by atomic mass is 9.92. The van der Waals surface area contributed by atoms with E-state index in [0.29, 0.717) is 5.92 Å². The molecule has 2 atom stereocenters. The zero-order valence-corrected chi connectivity index (χ0v) is 8.75. The molecular formula is C11H19NO. The van der Waals surface area contributed by atoms with E-state index in [-0.39, 0.29) is 11.6 Å². The minimum Gasteiger partial charge on any atom is -0.393 e. The SMILES string of the molecule is C#CC(C)(C)N1CC[C@@H](O)[C@H](C)C1. The van der Waals surface area contributed by atoms with Crippen molar-refractivity contribution < 1.29 is 5.11 Å². The van der Waals surface area contributed by atoms with Crippen LogP contribution in [0.3, 0.4) is 0 Å². The number of hydrogen-bond acceptors (Lipinski definition) is 2. The van der Waals surface area contributed by atoms with E-state index in [2.05, 4.69) is 31.6 Å². The Kier molecular flexibility index (Phi) is 3.00. The Bertz CT molecular complexity index is 217. The van der Waals surface area contributed by atoms with Crippen molar-refractivity contribution in [2.45, 2.75) is 38.8 Å². The number of rotatable bonds is 1. The average Bonchev–Trinajstić information content (AvgIpc) is 2.09. The van der Waals surface area contributed by atoms with Gasteiger partial charge in [0.15, 0.2) is 0 Å². The molecule has 74 valence electrons. The summed E-state index contributed by atoms with van der Waals surface area (Å²) in [5.74, 6) is 3.13. The fourth-order valence-electron chi connectivity index (χ4n) is 1.73. The molecule has 1 heterocycles. The summed E-state index contributed by atoms with van der Waals surface area (Å²) < 4.78 is 0. The second-order valence-electron chi connectivity index (χ2n) is 4.48. The van der Waals surface area contributed by atoms with E-state index in [9.17, 15) is 5.11 Å². The molecule has 0 aromatic heterocycles. The van der Waals surface area contributed by atoms with Gasteiger partial charge in [0.05, 0.1) is 11.6 Å². The lowest BCUT2D eigenvalue weighted by molar-refractivity contribution is 0.00902. The molecule has 0 aliphatic carbocycles. The molecular weight excluding hydrogens is 162 g/mol. The van der Waals surface area contributed by atoms with E-state index in [1.54, 1.807) is 0 Å². The van der Waals surface area contributed by atoms with Gasteiger partial charge in [-0.3, -0.25) is 4.90 Å². The van der Waals surface area contributed by atoms with Gasteiger partial charge in [0.2, 0.25) is 0 Å². The highest BCUT2D eigenvalue weighted by atomic mass is 16.3. The molecule has 1 N–H and O–H groups in total. The summed E-state index contributed by atoms with van der Waals surface area (Å²) in [5, 5.41) is 9.56. The van der Waals surface area contributed by atoms with Crippen LogP contribution in [0, 0.1) is 18.3 Å². The first-order valence-electron chi connectivity index (χ1n) is 4.88. The number of terminal acetylenes is 1. The maximum atomic E-state index is 9.56. The van der Waals surface area contributed by atoms with Gasteiger partial charge in [-0.05, 0) is 26.2 Å². The van der Waals surface area contributed by atoms with Gasteiger partial charge in [-0.2, -0.15) is 0 Å². The summed E-state index contributed by atoms with van der Waals surface area (Å²) in [5.41, 5.74) is -0.172. The standard InChI is InChI=1S/C11H19NO/c1-5-11(3,4)12-7-6-10(13)9(2)8-12/h1,9-10,13H,6-8H2,2-4H3/t9-,10-/m1/s1. The Hall–Kier alpha value is -0.520. The maximum absolute atomic E-state index is 9.56. The van der Waals surface area contributed by atoms with Crippen LogP contribution < -0.4 is 0 Å². The van der Waals surface area contributed by atoms with E-state index in [4.69, 9.17) is 6.42 Å². The van der Waals surface area contributed by atoms with Crippen molar-refractivity contribution in [3.8, 4) is 12.3 Å². The van der Waals surface area contributed by atoms with Crippen LogP contribution in [0.15, 0.2) is 0 Å². The van der Waals surface area contributed by atoms with Crippen molar-refractivity contribution in [3.63, 3.8) is 0 Å². The van der Waals surface area contributed by atoms with Gasteiger partial charge in [0.1, 0.15) is 0 Å². The second-order valence-corrected chi connectivity index (χ2v) is 4.48. The molecule has 1 rings (SSSR count). The number of piperidine rings is 1. The van der Waals surface area contributed by atoms with Crippen molar-refractivity contribution in [1.29, 1.82) is 0 Å². The monoisotopic (exact) mass is 181 g/mol. The molecule has 0 unspecified atom stereocenters. The number of aliphatic hydroxyl groups is 1. The summed E-state index contributed by atoms with van der Waals surface area (Å²) in [6.45, 7) is 7.99. The number of nitrogens with zero attached hydrogens (tertiary/aromatic N) is 1. The van der Waals surface area contributed by atoms with Gasteiger partial charge >= 0.3 is 0 Å². The zero-order chi connectivity index (χ0) is 10.1. The summed E-state index contributed by atoms with van der Waals surface area (Å²) >= 11 is 0. The molecule has 0 aromatic carbocycles. The van der Waals surface area contributed by atoms with Crippen molar-refractivity contribution in [1.82, 2.24) is 4.90 Å². The predicted molar refractivity (Wildman–Crippen MR) is 54.3 cm³/mol. The van der Waals surface area contributed by atoms with Gasteiger partial charge in [-0.25, -0.2) is 0 Å². The first kappa shape index (κ1) is 10.6. The minimum absolute atomic E-state index is 0.148. The Balaban J connectivity index is 2.61. The molecule has 2 nitrogen and oxygen atoms in total. The molecule has 0 saturated carbocycles. The normalized spacial score (nSPS) is 31.3. The summed E-state index contributed by atoms with van der Waals surface area (Å²) in [6, 6.07) is 0. The molecule has 0 bridgehead atoms. The third kappa shape index (κ3) is 2.24. The molecule has 2 heteroatoms. The minimum atomic E-state index is -0.172. The maximum Gasteiger partial charge on any atom is 0.0766 e. The largest absolute Gasteiger partial charge is 0.393 e. The smallest absolute Gasteiger partial charge is 0.0766 e. The van der Waals surface area contributed by atoms with Crippen molar-refractivity contribution in [2.24, 2.45) is 5.92 Å². The van der Waals surface area contributed by atoms with E-state index in [1.807, 2.05) is 0 Å². The Labute approximate surface area is 80.9 Å². The highest BCUT2D eigenvalue weighted by molar-refractivity contribution is 5.09. The lowest BCUT2D eigenvalue weighted by Crippen LogP contribution is -2.51. The van der Waals surface area contributed by atoms with Crippen molar-refractivity contribution >= 4 is 0 Å². The van der Waals surface area contributed by atoms with Crippen LogP contribution in [-0.2, 0) is 0 Å². The van der Waals surface area contributed by atoms with E-state index >= 15 is 0 Å². The molecule has 1 fully saturated rings. The first-order chi connectivity index (χ1) is 5.97. The molecule has 1 aliphatic rings. The van der Waals surface area contributed by atoms with E-state index in [1.165, 1.54) is 0 Å². The molecule has 0 amide bonds. The first-order valence-corrected chi connectivity index (χ1v) is 4.88. The number of aliphatic hydroxyl groups excluding tert-OH is 1. The van der Waals surface area contributed by atoms with Crippen molar-refractivity contribution in [3.05, 3.63) is 0 Å². The van der Waals surface area contributed by atoms with Crippen LogP contribution in [-0.4, -0.2) is 34.7 Å². The van der Waals surface area contributed by atoms with Crippen LogP contribution >= 0.6 is 0 Å². The van der Waals surface area contributed by atoms with E-state index < -0.39 is 0 Å². The predicted octanol–water partition coefficient (Wildman–Crippen LogP) is 1.10. The third-order valence-electron chi connectivity index (χ3n) is 3.00. The average molecular weight is 181 g/mol. The van der Waals surface area contributed by atoms with Crippen LogP contribution in [0.1, 0.15) is 27.2 Å². The van der Waals surface area contributed by atoms with Crippen LogP contribution in [0.5, 0.6) is 0 Å². The van der Waals surface area contributed by atoms with Gasteiger partial charge in [-0.15, -0.1) is 6.42 Å². The number of hydrogen-bond donors (Lipinski definition) is 1. The quantitative estimate of drug-likeness (QED) is 0.612. The van der Waals surface area contributed by atoms with Crippen LogP contribution in [0.4, 0.5) is 0 Å². The molecule has 0 aromatic rings. The molecule has 1 aliphatic heterocycles. The van der Waals surface area contributed by atoms with Gasteiger partial charge in [0.25, 0.3) is 0 Å². The Morgan fingerprint density at radius 3 is 2.62 bits per heavy atom. The van der Waals surface area contributed by atoms with Gasteiger partial charge in [0, 0.05) is 13.1 Å². The molecule has 0 spiro atoms. The zero-order valence-electron chi connectivity index (χ0n) is 8.75. The van der Waals surface area contributed by atoms with Crippen LogP contribution in [0.2, 0.25) is 0 Å². The fraction of sp³-hybridized carbons (Fsp3) is 0.818. The highest BCUT2D eigenvalue weighted by Gasteiger charge is 2.31. The summed E-state index contributed by atoms with van der Waals surface area (Å²) in [4.78, 5) is 2.27. The van der Waals surface area contributed by atoms with Gasteiger partial charge in [-0.1, -0.05) is 12.8 Å². The van der Waals surface area contributed by atoms with E-state index in [0.717, 1.165) is 19.5 Å². The number of likely N-dealkylation sites (tertiary alicyclic amines) is 1. The third-order valence-corrected chi connectivity index (χ3v) is 3.00. The van der Waals surface area contributed by atoms with Crippen LogP contribution in [0.25, 0.3) is 0 Å². The highest BCUT2D eigenvalue weighted by Crippen LogP contribution is 2.23. The molecule has 1 saturated heterocycles. The second kappa shape index (κ2) is 3.69. The van der Waals surface area contributed by atoms with Gasteiger partial charge < -0.3 is 5.11 Å². The topological polar surface area (TPSA) is 23.5 Å². The van der Waals surface area contributed by atoms with Crippen molar-refractivity contribution in [2.75, 3.05) is 13.1 Å². The lowest BCUT2D eigenvalue weighted by Gasteiger charge is -2.41. The summed E-state index contributed by atoms with van der Waals surface area (Å²) in [6.07, 6.45) is 6.15. The molecule has 0 radical (unpaired) electrons. The Morgan fingerprint density at radius 1 is 1.54 bits per heavy atom. The summed E-state index contributed by atoms with van der Waals surface area (Å²) in [7, 11) is 0.